The molecular formula is C13H15N3O4. The summed E-state index contributed by atoms with van der Waals surface area (Å²) >= 11 is 0. The van der Waals surface area contributed by atoms with Gasteiger partial charge in [0.25, 0.3) is 0 Å². The summed E-state index contributed by atoms with van der Waals surface area (Å²) in [4.78, 5) is 22.8. The molecule has 0 spiro atoms. The van der Waals surface area contributed by atoms with Gasteiger partial charge in [0.2, 0.25) is 5.91 Å². The Morgan fingerprint density at radius 2 is 2.20 bits per heavy atom. The van der Waals surface area contributed by atoms with Crippen LogP contribution in [0.3, 0.4) is 0 Å². The second-order valence-corrected chi connectivity index (χ2v) is 4.27. The molecule has 0 saturated heterocycles. The second-order valence-electron chi connectivity index (χ2n) is 4.27. The predicted octanol–water partition coefficient (Wildman–Crippen LogP) is 0.252. The number of nitrogens with one attached hydrogen (secondary N) is 1. The van der Waals surface area contributed by atoms with Crippen LogP contribution in [-0.4, -0.2) is 46.5 Å². The van der Waals surface area contributed by atoms with E-state index in [4.69, 9.17) is 9.84 Å². The fraction of sp³-hybridized carbons (Fsp3) is 0.308. The third-order valence-electron chi connectivity index (χ3n) is 2.81. The van der Waals surface area contributed by atoms with Gasteiger partial charge in [0.1, 0.15) is 6.54 Å². The first-order valence-corrected chi connectivity index (χ1v) is 6.03. The van der Waals surface area contributed by atoms with Gasteiger partial charge in [-0.3, -0.25) is 9.48 Å². The maximum absolute atomic E-state index is 11.9. The lowest BCUT2D eigenvalue weighted by Gasteiger charge is -2.13. The van der Waals surface area contributed by atoms with Gasteiger partial charge in [-0.05, 0) is 6.07 Å². The average molecular weight is 277 g/mol. The maximum Gasteiger partial charge on any atom is 0.328 e. The van der Waals surface area contributed by atoms with Crippen molar-refractivity contribution in [3.8, 4) is 0 Å². The van der Waals surface area contributed by atoms with Gasteiger partial charge in [0.05, 0.1) is 18.3 Å². The first kappa shape index (κ1) is 14.0. The summed E-state index contributed by atoms with van der Waals surface area (Å²) in [6, 6.07) is 6.41. The van der Waals surface area contributed by atoms with E-state index in [0.717, 1.165) is 10.9 Å². The van der Waals surface area contributed by atoms with Crippen molar-refractivity contribution in [2.24, 2.45) is 0 Å². The van der Waals surface area contributed by atoms with Crippen LogP contribution in [-0.2, 0) is 20.9 Å². The highest BCUT2D eigenvalue weighted by atomic mass is 16.5. The molecule has 7 heteroatoms. The molecule has 0 saturated carbocycles. The van der Waals surface area contributed by atoms with Crippen molar-refractivity contribution >= 4 is 22.8 Å². The molecule has 2 aromatic rings. The van der Waals surface area contributed by atoms with Gasteiger partial charge in [0, 0.05) is 12.5 Å². The Labute approximate surface area is 115 Å². The fourth-order valence-corrected chi connectivity index (χ4v) is 1.87. The Morgan fingerprint density at radius 1 is 1.45 bits per heavy atom. The number of hydrogen-bond acceptors (Lipinski definition) is 4. The van der Waals surface area contributed by atoms with E-state index in [2.05, 4.69) is 10.4 Å². The molecule has 0 bridgehead atoms. The number of aromatic nitrogens is 2. The number of carbonyl (C=O) groups is 2. The molecular weight excluding hydrogens is 262 g/mol. The van der Waals surface area contributed by atoms with Gasteiger partial charge in [-0.15, -0.1) is 0 Å². The number of carboxylic acid groups (broad SMARTS) is 1. The summed E-state index contributed by atoms with van der Waals surface area (Å²) in [5, 5.41) is 16.4. The van der Waals surface area contributed by atoms with E-state index >= 15 is 0 Å². The van der Waals surface area contributed by atoms with E-state index in [1.807, 2.05) is 24.3 Å². The smallest absolute Gasteiger partial charge is 0.328 e. The van der Waals surface area contributed by atoms with E-state index in [1.54, 1.807) is 6.20 Å². The molecule has 20 heavy (non-hydrogen) atoms. The molecule has 1 unspecified atom stereocenters. The number of hydrogen-bond donors (Lipinski definition) is 2. The number of carbonyl (C=O) groups excluding carboxylic acids is 1. The van der Waals surface area contributed by atoms with Crippen LogP contribution in [0.25, 0.3) is 10.9 Å². The van der Waals surface area contributed by atoms with E-state index in [-0.39, 0.29) is 13.2 Å². The van der Waals surface area contributed by atoms with Crippen molar-refractivity contribution in [2.75, 3.05) is 13.7 Å². The number of para-hydroxylation sites is 1. The van der Waals surface area contributed by atoms with Crippen molar-refractivity contribution in [2.45, 2.75) is 12.6 Å². The molecule has 0 aliphatic heterocycles. The number of ether oxygens (including phenoxy) is 1. The molecule has 1 aromatic heterocycles. The molecule has 106 valence electrons. The molecule has 1 heterocycles. The second kappa shape index (κ2) is 6.16. The molecule has 1 aromatic carbocycles. The molecule has 0 aliphatic carbocycles. The summed E-state index contributed by atoms with van der Waals surface area (Å²) in [6.45, 7) is -0.123. The highest BCUT2D eigenvalue weighted by molar-refractivity contribution is 5.85. The predicted molar refractivity (Wildman–Crippen MR) is 71.2 cm³/mol. The van der Waals surface area contributed by atoms with Gasteiger partial charge in [0.15, 0.2) is 6.04 Å². The zero-order valence-electron chi connectivity index (χ0n) is 10.9. The lowest BCUT2D eigenvalue weighted by molar-refractivity contribution is -0.143. The normalized spacial score (nSPS) is 12.2. The summed E-state index contributed by atoms with van der Waals surface area (Å²) in [5.74, 6) is -1.56. The van der Waals surface area contributed by atoms with Gasteiger partial charge < -0.3 is 15.2 Å². The van der Waals surface area contributed by atoms with Crippen LogP contribution in [0.4, 0.5) is 0 Å². The largest absolute Gasteiger partial charge is 0.480 e. The number of methoxy groups -OCH3 is 1. The fourth-order valence-electron chi connectivity index (χ4n) is 1.87. The van der Waals surface area contributed by atoms with E-state index in [9.17, 15) is 9.59 Å². The average Bonchev–Trinajstić information content (AvgIpc) is 2.81. The van der Waals surface area contributed by atoms with Crippen LogP contribution in [0.1, 0.15) is 0 Å². The number of aliphatic carboxylic acids is 1. The van der Waals surface area contributed by atoms with E-state index in [0.29, 0.717) is 0 Å². The van der Waals surface area contributed by atoms with Crippen LogP contribution in [0.15, 0.2) is 30.5 Å². The number of carboxylic acids is 1. The minimum absolute atomic E-state index is 0.0407. The monoisotopic (exact) mass is 277 g/mol. The third kappa shape index (κ3) is 3.12. The van der Waals surface area contributed by atoms with Crippen LogP contribution < -0.4 is 5.32 Å². The van der Waals surface area contributed by atoms with Crippen molar-refractivity contribution in [1.82, 2.24) is 15.1 Å². The zero-order valence-corrected chi connectivity index (χ0v) is 10.9. The van der Waals surface area contributed by atoms with Crippen LogP contribution in [0.2, 0.25) is 0 Å². The van der Waals surface area contributed by atoms with Gasteiger partial charge >= 0.3 is 5.97 Å². The van der Waals surface area contributed by atoms with Gasteiger partial charge in [-0.1, -0.05) is 18.2 Å². The highest BCUT2D eigenvalue weighted by Gasteiger charge is 2.20. The molecule has 2 rings (SSSR count). The quantitative estimate of drug-likeness (QED) is 0.789. The van der Waals surface area contributed by atoms with E-state index in [1.165, 1.54) is 11.8 Å². The van der Waals surface area contributed by atoms with Crippen molar-refractivity contribution in [3.05, 3.63) is 30.5 Å². The van der Waals surface area contributed by atoms with Crippen LogP contribution in [0, 0.1) is 0 Å². The number of nitrogens with zero attached hydrogens (tertiary/aromatic N) is 2. The lowest BCUT2D eigenvalue weighted by Crippen LogP contribution is -2.45. The summed E-state index contributed by atoms with van der Waals surface area (Å²) in [5.41, 5.74) is 0.821. The van der Waals surface area contributed by atoms with Crippen LogP contribution >= 0.6 is 0 Å². The van der Waals surface area contributed by atoms with Gasteiger partial charge in [-0.25, -0.2) is 4.79 Å². The Balaban J connectivity index is 2.06. The lowest BCUT2D eigenvalue weighted by atomic mass is 10.2. The third-order valence-corrected chi connectivity index (χ3v) is 2.81. The zero-order chi connectivity index (χ0) is 14.5. The van der Waals surface area contributed by atoms with Crippen molar-refractivity contribution in [1.29, 1.82) is 0 Å². The molecule has 7 nitrogen and oxygen atoms in total. The minimum Gasteiger partial charge on any atom is -0.480 e. The molecule has 1 amide bonds. The number of benzene rings is 1. The number of amides is 1. The first-order valence-electron chi connectivity index (χ1n) is 6.03. The minimum atomic E-state index is -1.13. The summed E-state index contributed by atoms with van der Waals surface area (Å²) in [6.07, 6.45) is 1.66. The number of fused-ring (bicyclic) bond motifs is 1. The molecule has 1 atom stereocenters. The standard InChI is InChI=1S/C13H15N3O4/c1-20-8-10(13(18)19)15-12(17)7-16-11-5-3-2-4-9(11)6-14-16/h2-6,10H,7-8H2,1H3,(H,15,17)(H,18,19). The number of rotatable bonds is 6. The topological polar surface area (TPSA) is 93.5 Å². The molecule has 0 fully saturated rings. The Bertz CT molecular complexity index is 623. The SMILES string of the molecule is COCC(NC(=O)Cn1ncc2ccccc21)C(=O)O. The molecule has 0 radical (unpaired) electrons. The maximum atomic E-state index is 11.9. The first-order chi connectivity index (χ1) is 9.61. The van der Waals surface area contributed by atoms with Crippen LogP contribution in [0.5, 0.6) is 0 Å². The Kier molecular flexibility index (Phi) is 4.31. The Hall–Kier alpha value is -2.41. The molecule has 2 N–H and O–H groups in total. The highest BCUT2D eigenvalue weighted by Crippen LogP contribution is 2.12. The summed E-state index contributed by atoms with van der Waals surface area (Å²) in [7, 11) is 1.38. The van der Waals surface area contributed by atoms with Crippen molar-refractivity contribution in [3.63, 3.8) is 0 Å². The Morgan fingerprint density at radius 3 is 2.90 bits per heavy atom. The van der Waals surface area contributed by atoms with Crippen molar-refractivity contribution < 1.29 is 19.4 Å². The van der Waals surface area contributed by atoms with E-state index < -0.39 is 17.9 Å². The summed E-state index contributed by atoms with van der Waals surface area (Å²) < 4.78 is 6.28. The van der Waals surface area contributed by atoms with Gasteiger partial charge in [-0.2, -0.15) is 5.10 Å². The molecule has 0 aliphatic rings.